The van der Waals surface area contributed by atoms with Gasteiger partial charge in [-0.25, -0.2) is 4.79 Å². The maximum Gasteiger partial charge on any atom is 0.328 e. The van der Waals surface area contributed by atoms with Crippen molar-refractivity contribution in [3.05, 3.63) is 48.0 Å². The predicted molar refractivity (Wildman–Crippen MR) is 111 cm³/mol. The molecule has 0 amide bonds. The Labute approximate surface area is 167 Å². The number of ether oxygens (including phenoxy) is 2. The van der Waals surface area contributed by atoms with Gasteiger partial charge in [0, 0.05) is 0 Å². The summed E-state index contributed by atoms with van der Waals surface area (Å²) in [6, 6.07) is 12.4. The zero-order valence-electron chi connectivity index (χ0n) is 17.6. The van der Waals surface area contributed by atoms with Gasteiger partial charge in [0.05, 0.1) is 7.11 Å². The van der Waals surface area contributed by atoms with E-state index in [9.17, 15) is 9.59 Å². The van der Waals surface area contributed by atoms with Gasteiger partial charge in [-0.15, -0.1) is 0 Å². The van der Waals surface area contributed by atoms with Crippen LogP contribution in [0.3, 0.4) is 0 Å². The molecular formula is C23H31NO4. The van der Waals surface area contributed by atoms with Crippen molar-refractivity contribution in [2.75, 3.05) is 7.11 Å². The molecule has 28 heavy (non-hydrogen) atoms. The van der Waals surface area contributed by atoms with Gasteiger partial charge in [0.15, 0.2) is 0 Å². The minimum atomic E-state index is -0.772. The highest BCUT2D eigenvalue weighted by atomic mass is 16.6. The highest BCUT2D eigenvalue weighted by Gasteiger charge is 2.32. The molecule has 0 aliphatic heterocycles. The topological polar surface area (TPSA) is 64.6 Å². The van der Waals surface area contributed by atoms with Crippen LogP contribution in [0.2, 0.25) is 0 Å². The lowest BCUT2D eigenvalue weighted by atomic mass is 9.98. The van der Waals surface area contributed by atoms with E-state index in [0.29, 0.717) is 6.42 Å². The molecule has 2 aromatic rings. The van der Waals surface area contributed by atoms with Crippen molar-refractivity contribution in [3.63, 3.8) is 0 Å². The van der Waals surface area contributed by atoms with Crippen LogP contribution in [0.1, 0.15) is 52.6 Å². The molecule has 2 rings (SSSR count). The average Bonchev–Trinajstić information content (AvgIpc) is 2.62. The Bertz CT molecular complexity index is 823. The molecule has 2 aromatic carbocycles. The van der Waals surface area contributed by atoms with E-state index < -0.39 is 23.7 Å². The normalized spacial score (nSPS) is 14.0. The number of fused-ring (bicyclic) bond motifs is 1. The van der Waals surface area contributed by atoms with E-state index in [-0.39, 0.29) is 11.9 Å². The maximum absolute atomic E-state index is 13.0. The van der Waals surface area contributed by atoms with Gasteiger partial charge in [-0.1, -0.05) is 50.2 Å². The van der Waals surface area contributed by atoms with Gasteiger partial charge in [0.25, 0.3) is 0 Å². The lowest BCUT2D eigenvalue weighted by Gasteiger charge is -2.28. The van der Waals surface area contributed by atoms with Crippen molar-refractivity contribution in [1.82, 2.24) is 5.32 Å². The number of rotatable bonds is 7. The first-order valence-electron chi connectivity index (χ1n) is 9.66. The van der Waals surface area contributed by atoms with E-state index in [0.717, 1.165) is 16.3 Å². The molecule has 0 spiro atoms. The smallest absolute Gasteiger partial charge is 0.328 e. The summed E-state index contributed by atoms with van der Waals surface area (Å²) in [6.45, 7) is 9.53. The largest absolute Gasteiger partial charge is 0.468 e. The molecule has 152 valence electrons. The Morgan fingerprint density at radius 1 is 1.00 bits per heavy atom. The predicted octanol–water partition coefficient (Wildman–Crippen LogP) is 4.40. The second kappa shape index (κ2) is 9.20. The van der Waals surface area contributed by atoms with E-state index in [1.807, 2.05) is 77.1 Å². The number of methoxy groups -OCH3 is 1. The molecular weight excluding hydrogens is 354 g/mol. The number of nitrogens with one attached hydrogen (secondary N) is 1. The molecule has 0 fully saturated rings. The summed E-state index contributed by atoms with van der Waals surface area (Å²) in [5.74, 6) is -0.545. The number of esters is 2. The van der Waals surface area contributed by atoms with Crippen molar-refractivity contribution in [1.29, 1.82) is 0 Å². The molecule has 0 aliphatic rings. The Morgan fingerprint density at radius 3 is 2.21 bits per heavy atom. The summed E-state index contributed by atoms with van der Waals surface area (Å²) in [6.07, 6.45) is 0.555. The molecule has 5 nitrogen and oxygen atoms in total. The van der Waals surface area contributed by atoms with Crippen LogP contribution in [0, 0.1) is 5.92 Å². The second-order valence-corrected chi connectivity index (χ2v) is 8.45. The first kappa shape index (κ1) is 21.9. The Kier molecular flexibility index (Phi) is 7.19. The first-order chi connectivity index (χ1) is 13.1. The molecule has 1 N–H and O–H groups in total. The van der Waals surface area contributed by atoms with E-state index >= 15 is 0 Å². The summed E-state index contributed by atoms with van der Waals surface area (Å²) in [5.41, 5.74) is 0.123. The van der Waals surface area contributed by atoms with Crippen LogP contribution < -0.4 is 5.32 Å². The van der Waals surface area contributed by atoms with E-state index in [4.69, 9.17) is 9.47 Å². The fourth-order valence-corrected chi connectivity index (χ4v) is 3.10. The third-order valence-electron chi connectivity index (χ3n) is 4.31. The Balaban J connectivity index is 2.42. The standard InChI is InChI=1S/C23H31NO4/c1-15(2)13-19(21(25)27-6)24-20(22(26)28-23(3,4)5)18-12-11-16-9-7-8-10-17(16)14-18/h7-12,14-15,19-20,24H,13H2,1-6H3/t19?,20-/m0/s1. The molecule has 0 heterocycles. The van der Waals surface area contributed by atoms with Gasteiger partial charge >= 0.3 is 11.9 Å². The van der Waals surface area contributed by atoms with E-state index in [2.05, 4.69) is 5.32 Å². The monoisotopic (exact) mass is 385 g/mol. The van der Waals surface area contributed by atoms with Gasteiger partial charge in [0.2, 0.25) is 0 Å². The molecule has 1 unspecified atom stereocenters. The maximum atomic E-state index is 13.0. The van der Waals surface area contributed by atoms with Crippen LogP contribution >= 0.6 is 0 Å². The number of carbonyl (C=O) groups is 2. The second-order valence-electron chi connectivity index (χ2n) is 8.45. The van der Waals surface area contributed by atoms with Crippen molar-refractivity contribution in [2.24, 2.45) is 5.92 Å². The van der Waals surface area contributed by atoms with E-state index in [1.165, 1.54) is 7.11 Å². The summed E-state index contributed by atoms with van der Waals surface area (Å²) in [4.78, 5) is 25.3. The lowest BCUT2D eigenvalue weighted by Crippen LogP contribution is -2.45. The van der Waals surface area contributed by atoms with Gasteiger partial charge in [-0.2, -0.15) is 0 Å². The number of carbonyl (C=O) groups excluding carboxylic acids is 2. The Hall–Kier alpha value is -2.40. The van der Waals surface area contributed by atoms with Crippen LogP contribution in [0.25, 0.3) is 10.8 Å². The number of hydrogen-bond acceptors (Lipinski definition) is 5. The molecule has 0 saturated carbocycles. The van der Waals surface area contributed by atoms with Crippen molar-refractivity contribution < 1.29 is 19.1 Å². The number of benzene rings is 2. The van der Waals surface area contributed by atoms with Gasteiger partial charge in [-0.05, 0) is 55.5 Å². The van der Waals surface area contributed by atoms with Crippen molar-refractivity contribution in [2.45, 2.75) is 58.7 Å². The van der Waals surface area contributed by atoms with Crippen LogP contribution in [0.15, 0.2) is 42.5 Å². The van der Waals surface area contributed by atoms with Crippen molar-refractivity contribution >= 4 is 22.7 Å². The molecule has 2 atom stereocenters. The zero-order chi connectivity index (χ0) is 20.9. The fraction of sp³-hybridized carbons (Fsp3) is 0.478. The molecule has 0 aliphatic carbocycles. The van der Waals surface area contributed by atoms with Crippen LogP contribution in [-0.2, 0) is 19.1 Å². The summed E-state index contributed by atoms with van der Waals surface area (Å²) in [7, 11) is 1.36. The third-order valence-corrected chi connectivity index (χ3v) is 4.31. The lowest BCUT2D eigenvalue weighted by molar-refractivity contribution is -0.158. The number of hydrogen-bond donors (Lipinski definition) is 1. The highest BCUT2D eigenvalue weighted by molar-refractivity contribution is 5.86. The molecule has 0 radical (unpaired) electrons. The van der Waals surface area contributed by atoms with Crippen molar-refractivity contribution in [3.8, 4) is 0 Å². The molecule has 0 saturated heterocycles. The average molecular weight is 386 g/mol. The quantitative estimate of drug-likeness (QED) is 0.716. The molecule has 0 bridgehead atoms. The minimum Gasteiger partial charge on any atom is -0.468 e. The molecule has 0 aromatic heterocycles. The summed E-state index contributed by atoms with van der Waals surface area (Å²) < 4.78 is 10.6. The SMILES string of the molecule is COC(=O)C(CC(C)C)N[C@H](C(=O)OC(C)(C)C)c1ccc2ccccc2c1. The zero-order valence-corrected chi connectivity index (χ0v) is 17.6. The third kappa shape index (κ3) is 6.06. The summed E-state index contributed by atoms with van der Waals surface area (Å²) >= 11 is 0. The first-order valence-corrected chi connectivity index (χ1v) is 9.66. The molecule has 5 heteroatoms. The van der Waals surface area contributed by atoms with Crippen LogP contribution in [0.5, 0.6) is 0 Å². The Morgan fingerprint density at radius 2 is 1.64 bits per heavy atom. The van der Waals surface area contributed by atoms with Gasteiger partial charge < -0.3 is 9.47 Å². The van der Waals surface area contributed by atoms with E-state index in [1.54, 1.807) is 0 Å². The van der Waals surface area contributed by atoms with Gasteiger partial charge in [-0.3, -0.25) is 10.1 Å². The fourth-order valence-electron chi connectivity index (χ4n) is 3.10. The summed E-state index contributed by atoms with van der Waals surface area (Å²) in [5, 5.41) is 5.30. The van der Waals surface area contributed by atoms with Crippen LogP contribution in [-0.4, -0.2) is 30.7 Å². The van der Waals surface area contributed by atoms with Gasteiger partial charge in [0.1, 0.15) is 17.7 Å². The minimum absolute atomic E-state index is 0.257. The highest BCUT2D eigenvalue weighted by Crippen LogP contribution is 2.24. The van der Waals surface area contributed by atoms with Crippen LogP contribution in [0.4, 0.5) is 0 Å².